The third-order valence-electron chi connectivity index (χ3n) is 4.82. The van der Waals surface area contributed by atoms with Crippen LogP contribution in [0.25, 0.3) is 16.8 Å². The van der Waals surface area contributed by atoms with Crippen LogP contribution in [0.2, 0.25) is 0 Å². The van der Waals surface area contributed by atoms with E-state index in [9.17, 15) is 4.79 Å². The Morgan fingerprint density at radius 3 is 2.58 bits per heavy atom. The number of hydrogen-bond donors (Lipinski definition) is 1. The van der Waals surface area contributed by atoms with Crippen molar-refractivity contribution >= 4 is 11.5 Å². The van der Waals surface area contributed by atoms with Crippen molar-refractivity contribution in [2.75, 3.05) is 38.2 Å². The van der Waals surface area contributed by atoms with Gasteiger partial charge in [-0.15, -0.1) is 0 Å². The van der Waals surface area contributed by atoms with E-state index >= 15 is 0 Å². The van der Waals surface area contributed by atoms with Crippen LogP contribution in [-0.4, -0.2) is 42.7 Å². The van der Waals surface area contributed by atoms with Gasteiger partial charge in [0.25, 0.3) is 5.56 Å². The van der Waals surface area contributed by atoms with E-state index in [-0.39, 0.29) is 5.56 Å². The van der Waals surface area contributed by atoms with E-state index < -0.39 is 0 Å². The molecule has 1 aliphatic rings. The zero-order chi connectivity index (χ0) is 18.1. The monoisotopic (exact) mass is 350 g/mol. The van der Waals surface area contributed by atoms with Crippen molar-refractivity contribution in [2.24, 2.45) is 0 Å². The second-order valence-corrected chi connectivity index (χ2v) is 6.52. The van der Waals surface area contributed by atoms with Gasteiger partial charge >= 0.3 is 0 Å². The number of rotatable bonds is 3. The van der Waals surface area contributed by atoms with Gasteiger partial charge in [0.2, 0.25) is 0 Å². The smallest absolute Gasteiger partial charge is 0.259 e. The predicted molar refractivity (Wildman–Crippen MR) is 103 cm³/mol. The van der Waals surface area contributed by atoms with E-state index in [1.807, 2.05) is 37.4 Å². The fourth-order valence-corrected chi connectivity index (χ4v) is 3.37. The van der Waals surface area contributed by atoms with Crippen LogP contribution < -0.4 is 20.5 Å². The molecule has 1 fully saturated rings. The lowest BCUT2D eigenvalue weighted by atomic mass is 10.0. The van der Waals surface area contributed by atoms with Crippen molar-refractivity contribution in [1.82, 2.24) is 14.7 Å². The Morgan fingerprint density at radius 1 is 1.08 bits per heavy atom. The van der Waals surface area contributed by atoms with Crippen LogP contribution in [0, 0.1) is 6.92 Å². The molecule has 3 aromatic rings. The van der Waals surface area contributed by atoms with E-state index in [4.69, 9.17) is 4.74 Å². The minimum absolute atomic E-state index is 0.0596. The highest BCUT2D eigenvalue weighted by Gasteiger charge is 2.14. The van der Waals surface area contributed by atoms with Gasteiger partial charge in [-0.3, -0.25) is 9.20 Å². The summed E-state index contributed by atoms with van der Waals surface area (Å²) < 4.78 is 6.93. The maximum Gasteiger partial charge on any atom is 0.259 e. The minimum atomic E-state index is -0.0596. The fourth-order valence-electron chi connectivity index (χ4n) is 3.37. The summed E-state index contributed by atoms with van der Waals surface area (Å²) in [6.45, 7) is 5.57. The van der Waals surface area contributed by atoms with Gasteiger partial charge in [0, 0.05) is 38.4 Å². The molecule has 4 rings (SSSR count). The topological polar surface area (TPSA) is 58.9 Å². The third-order valence-corrected chi connectivity index (χ3v) is 4.82. The first-order chi connectivity index (χ1) is 12.7. The molecule has 6 heteroatoms. The molecule has 0 unspecified atom stereocenters. The molecule has 2 aromatic heterocycles. The highest BCUT2D eigenvalue weighted by atomic mass is 16.5. The number of aryl methyl sites for hydroxylation is 1. The Hall–Kier alpha value is -2.86. The van der Waals surface area contributed by atoms with E-state index in [0.717, 1.165) is 54.4 Å². The number of nitrogens with zero attached hydrogens (tertiary/aromatic N) is 3. The lowest BCUT2D eigenvalue weighted by Crippen LogP contribution is -2.44. The summed E-state index contributed by atoms with van der Waals surface area (Å²) in [6, 6.07) is 11.5. The van der Waals surface area contributed by atoms with Gasteiger partial charge in [0.05, 0.1) is 7.11 Å². The second kappa shape index (κ2) is 6.80. The molecule has 134 valence electrons. The Balaban J connectivity index is 1.74. The molecule has 6 nitrogen and oxygen atoms in total. The zero-order valence-corrected chi connectivity index (χ0v) is 15.0. The number of pyridine rings is 1. The quantitative estimate of drug-likeness (QED) is 0.784. The normalized spacial score (nSPS) is 14.6. The minimum Gasteiger partial charge on any atom is -0.496 e. The molecule has 26 heavy (non-hydrogen) atoms. The Labute approximate surface area is 152 Å². The molecule has 1 aromatic carbocycles. The van der Waals surface area contributed by atoms with Gasteiger partial charge in [0.15, 0.2) is 0 Å². The Bertz CT molecular complexity index is 1010. The first-order valence-corrected chi connectivity index (χ1v) is 8.80. The van der Waals surface area contributed by atoms with Gasteiger partial charge in [-0.2, -0.15) is 0 Å². The van der Waals surface area contributed by atoms with Gasteiger partial charge in [-0.1, -0.05) is 6.07 Å². The van der Waals surface area contributed by atoms with Crippen molar-refractivity contribution in [3.8, 4) is 16.9 Å². The first-order valence-electron chi connectivity index (χ1n) is 8.80. The van der Waals surface area contributed by atoms with Gasteiger partial charge in [-0.05, 0) is 47.9 Å². The lowest BCUT2D eigenvalue weighted by Gasteiger charge is -2.28. The van der Waals surface area contributed by atoms with Crippen LogP contribution in [-0.2, 0) is 0 Å². The SMILES string of the molecule is COc1ccc(-c2ccc3nc(N4CCNCC4)cc(=O)n3c2)cc1C. The van der Waals surface area contributed by atoms with E-state index in [0.29, 0.717) is 5.65 Å². The standard InChI is InChI=1S/C20H22N4O2/c1-14-11-15(3-5-17(14)26-2)16-4-6-18-22-19(12-20(25)24(18)13-16)23-9-7-21-8-10-23/h3-6,11-13,21H,7-10H2,1-2H3. The second-order valence-electron chi connectivity index (χ2n) is 6.52. The summed E-state index contributed by atoms with van der Waals surface area (Å²) >= 11 is 0. The number of nitrogens with one attached hydrogen (secondary N) is 1. The van der Waals surface area contributed by atoms with Gasteiger partial charge < -0.3 is 15.0 Å². The van der Waals surface area contributed by atoms with Crippen LogP contribution in [0.4, 0.5) is 5.82 Å². The fraction of sp³-hybridized carbons (Fsp3) is 0.300. The molecule has 0 spiro atoms. The molecule has 0 radical (unpaired) electrons. The largest absolute Gasteiger partial charge is 0.496 e. The molecule has 3 heterocycles. The number of piperazine rings is 1. The van der Waals surface area contributed by atoms with Crippen molar-refractivity contribution in [2.45, 2.75) is 6.92 Å². The van der Waals surface area contributed by atoms with Crippen molar-refractivity contribution in [3.05, 3.63) is 58.5 Å². The summed E-state index contributed by atoms with van der Waals surface area (Å²) in [5, 5.41) is 3.31. The van der Waals surface area contributed by atoms with Crippen LogP contribution in [0.3, 0.4) is 0 Å². The average molecular weight is 350 g/mol. The van der Waals surface area contributed by atoms with Crippen molar-refractivity contribution < 1.29 is 4.74 Å². The van der Waals surface area contributed by atoms with E-state index in [1.54, 1.807) is 17.6 Å². The van der Waals surface area contributed by atoms with Crippen molar-refractivity contribution in [3.63, 3.8) is 0 Å². The number of benzene rings is 1. The molecule has 0 amide bonds. The molecule has 1 N–H and O–H groups in total. The highest BCUT2D eigenvalue weighted by molar-refractivity contribution is 5.67. The average Bonchev–Trinajstić information content (AvgIpc) is 2.68. The zero-order valence-electron chi connectivity index (χ0n) is 15.0. The van der Waals surface area contributed by atoms with Crippen LogP contribution in [0.1, 0.15) is 5.56 Å². The summed E-state index contributed by atoms with van der Waals surface area (Å²) in [5.41, 5.74) is 3.69. The molecular weight excluding hydrogens is 328 g/mol. The molecule has 1 saturated heterocycles. The Kier molecular flexibility index (Phi) is 4.34. The third kappa shape index (κ3) is 3.04. The highest BCUT2D eigenvalue weighted by Crippen LogP contribution is 2.26. The van der Waals surface area contributed by atoms with Crippen molar-refractivity contribution in [1.29, 1.82) is 0 Å². The number of ether oxygens (including phenoxy) is 1. The summed E-state index contributed by atoms with van der Waals surface area (Å²) in [6.07, 6.45) is 1.85. The molecule has 1 aliphatic heterocycles. The van der Waals surface area contributed by atoms with Crippen LogP contribution >= 0.6 is 0 Å². The number of hydrogen-bond acceptors (Lipinski definition) is 5. The Morgan fingerprint density at radius 2 is 1.85 bits per heavy atom. The van der Waals surface area contributed by atoms with Gasteiger partial charge in [-0.25, -0.2) is 4.98 Å². The molecule has 0 atom stereocenters. The van der Waals surface area contributed by atoms with Crippen LogP contribution in [0.5, 0.6) is 5.75 Å². The number of aromatic nitrogens is 2. The number of anilines is 1. The van der Waals surface area contributed by atoms with E-state index in [1.165, 1.54) is 0 Å². The molecule has 0 bridgehead atoms. The summed E-state index contributed by atoms with van der Waals surface area (Å²) in [7, 11) is 1.67. The molecular formula is C20H22N4O2. The first kappa shape index (κ1) is 16.6. The van der Waals surface area contributed by atoms with Crippen LogP contribution in [0.15, 0.2) is 47.4 Å². The maximum absolute atomic E-state index is 12.7. The van der Waals surface area contributed by atoms with Gasteiger partial charge in [0.1, 0.15) is 17.2 Å². The maximum atomic E-state index is 12.7. The number of methoxy groups -OCH3 is 1. The summed E-state index contributed by atoms with van der Waals surface area (Å²) in [5.74, 6) is 1.61. The lowest BCUT2D eigenvalue weighted by molar-refractivity contribution is 0.412. The predicted octanol–water partition coefficient (Wildman–Crippen LogP) is 2.09. The molecule has 0 aliphatic carbocycles. The van der Waals surface area contributed by atoms with E-state index in [2.05, 4.69) is 21.3 Å². The number of fused-ring (bicyclic) bond motifs is 1. The summed E-state index contributed by atoms with van der Waals surface area (Å²) in [4.78, 5) is 19.5. The molecule has 0 saturated carbocycles.